The first-order valence-corrected chi connectivity index (χ1v) is 6.40. The van der Waals surface area contributed by atoms with Gasteiger partial charge < -0.3 is 4.90 Å². The van der Waals surface area contributed by atoms with Gasteiger partial charge in [0.1, 0.15) is 12.8 Å². The predicted octanol–water partition coefficient (Wildman–Crippen LogP) is 3.08. The van der Waals surface area contributed by atoms with Crippen LogP contribution in [0.3, 0.4) is 0 Å². The molecule has 0 aliphatic carbocycles. The highest BCUT2D eigenvalue weighted by Gasteiger charge is 2.26. The van der Waals surface area contributed by atoms with Gasteiger partial charge in [0, 0.05) is 5.56 Å². The summed E-state index contributed by atoms with van der Waals surface area (Å²) in [6, 6.07) is 8.00. The maximum Gasteiger partial charge on any atom is 0.254 e. The van der Waals surface area contributed by atoms with Gasteiger partial charge in [0.05, 0.1) is 25.9 Å². The van der Waals surface area contributed by atoms with Crippen LogP contribution in [-0.2, 0) is 6.42 Å². The summed E-state index contributed by atoms with van der Waals surface area (Å²) in [5, 5.41) is 0. The van der Waals surface area contributed by atoms with Gasteiger partial charge >= 0.3 is 0 Å². The van der Waals surface area contributed by atoms with Gasteiger partial charge in [0.15, 0.2) is 0 Å². The molecule has 1 heterocycles. The van der Waals surface area contributed by atoms with Crippen LogP contribution in [0.15, 0.2) is 24.3 Å². The average molecular weight is 230 g/mol. The molecule has 1 aromatic carbocycles. The Hall–Kier alpha value is -1.44. The van der Waals surface area contributed by atoms with E-state index in [1.807, 2.05) is 17.0 Å². The molecule has 17 heavy (non-hydrogen) atoms. The number of carbonyl (C=O) groups is 1. The number of rotatable bonds is 2. The number of hydrogen-bond acceptors (Lipinski definition) is 1. The first-order chi connectivity index (χ1) is 8.20. The molecule has 0 spiro atoms. The van der Waals surface area contributed by atoms with Gasteiger partial charge in [0.2, 0.25) is 0 Å². The van der Waals surface area contributed by atoms with Gasteiger partial charge in [-0.05, 0) is 24.1 Å². The van der Waals surface area contributed by atoms with Crippen LogP contribution in [-0.4, -0.2) is 23.9 Å². The summed E-state index contributed by atoms with van der Waals surface area (Å²) in [5.41, 5.74) is 2.10. The zero-order valence-corrected chi connectivity index (χ0v) is 10.7. The Morgan fingerprint density at radius 2 is 1.82 bits per heavy atom. The topological polar surface area (TPSA) is 20.3 Å². The van der Waals surface area contributed by atoms with E-state index in [1.54, 1.807) is 0 Å². The van der Waals surface area contributed by atoms with E-state index < -0.39 is 0 Å². The molecule has 0 N–H and O–H groups in total. The van der Waals surface area contributed by atoms with Crippen LogP contribution in [0.5, 0.6) is 0 Å². The molecule has 0 saturated carbocycles. The summed E-state index contributed by atoms with van der Waals surface area (Å²) < 4.78 is 0. The van der Waals surface area contributed by atoms with E-state index in [4.69, 9.17) is 0 Å². The highest BCUT2D eigenvalue weighted by Crippen LogP contribution is 2.19. The van der Waals surface area contributed by atoms with Crippen molar-refractivity contribution in [3.8, 4) is 0 Å². The van der Waals surface area contributed by atoms with E-state index in [9.17, 15) is 4.79 Å². The van der Waals surface area contributed by atoms with Crippen molar-refractivity contribution >= 4 is 5.91 Å². The molecule has 1 aliphatic rings. The first-order valence-electron chi connectivity index (χ1n) is 6.40. The lowest BCUT2D eigenvalue weighted by atomic mass is 9.98. The summed E-state index contributed by atoms with van der Waals surface area (Å²) in [4.78, 5) is 14.2. The molecule has 1 fully saturated rings. The lowest BCUT2D eigenvalue weighted by Crippen LogP contribution is -2.37. The number of carbonyl (C=O) groups excluding carboxylic acids is 1. The summed E-state index contributed by atoms with van der Waals surface area (Å²) in [6.45, 7) is 6.05. The second-order valence-corrected chi connectivity index (χ2v) is 4.80. The monoisotopic (exact) mass is 230 g/mol. The van der Waals surface area contributed by atoms with Crippen LogP contribution in [0.25, 0.3) is 0 Å². The number of aryl methyl sites for hydroxylation is 1. The molecular formula is C15H20NO+. The molecule has 2 heteroatoms. The molecule has 0 radical (unpaired) electrons. The highest BCUT2D eigenvalue weighted by atomic mass is 16.2. The quantitative estimate of drug-likeness (QED) is 0.715. The van der Waals surface area contributed by atoms with Crippen molar-refractivity contribution in [3.63, 3.8) is 0 Å². The third-order valence-corrected chi connectivity index (χ3v) is 3.51. The van der Waals surface area contributed by atoms with Crippen molar-refractivity contribution in [2.45, 2.75) is 33.1 Å². The molecule has 2 rings (SSSR count). The largest absolute Gasteiger partial charge is 0.330 e. The molecule has 0 atom stereocenters. The fourth-order valence-electron chi connectivity index (χ4n) is 2.16. The molecule has 0 aromatic heterocycles. The summed E-state index contributed by atoms with van der Waals surface area (Å²) >= 11 is 0. The molecule has 1 aliphatic heterocycles. The molecule has 1 amide bonds. The van der Waals surface area contributed by atoms with Gasteiger partial charge in [-0.2, -0.15) is 0 Å². The average Bonchev–Trinajstić information content (AvgIpc) is 2.39. The lowest BCUT2D eigenvalue weighted by molar-refractivity contribution is 0.0734. The maximum atomic E-state index is 12.2. The van der Waals surface area contributed by atoms with E-state index in [0.717, 1.165) is 37.9 Å². The van der Waals surface area contributed by atoms with Crippen molar-refractivity contribution in [1.29, 1.82) is 0 Å². The van der Waals surface area contributed by atoms with Crippen molar-refractivity contribution in [2.24, 2.45) is 0 Å². The predicted molar refractivity (Wildman–Crippen MR) is 69.9 cm³/mol. The number of benzene rings is 1. The maximum absolute atomic E-state index is 12.2. The Balaban J connectivity index is 2.03. The van der Waals surface area contributed by atoms with E-state index in [2.05, 4.69) is 26.0 Å². The fourth-order valence-corrected chi connectivity index (χ4v) is 2.16. The number of hydrogen-bond donors (Lipinski definition) is 0. The minimum absolute atomic E-state index is 0.181. The van der Waals surface area contributed by atoms with Gasteiger partial charge in [-0.15, -0.1) is 0 Å². The minimum Gasteiger partial charge on any atom is -0.330 e. The molecule has 90 valence electrons. The fraction of sp³-hybridized carbons (Fsp3) is 0.467. The Labute approximate surface area is 104 Å². The molecule has 0 unspecified atom stereocenters. The van der Waals surface area contributed by atoms with Crippen LogP contribution in [0.1, 0.15) is 42.6 Å². The van der Waals surface area contributed by atoms with Crippen molar-refractivity contribution < 1.29 is 4.79 Å². The van der Waals surface area contributed by atoms with Gasteiger partial charge in [-0.25, -0.2) is 0 Å². The molecule has 1 saturated heterocycles. The molecule has 2 nitrogen and oxygen atoms in total. The summed E-state index contributed by atoms with van der Waals surface area (Å²) in [7, 11) is 0. The Kier molecular flexibility index (Phi) is 3.72. The second kappa shape index (κ2) is 5.26. The normalized spacial score (nSPS) is 16.1. The van der Waals surface area contributed by atoms with E-state index in [-0.39, 0.29) is 5.91 Å². The standard InChI is InChI=1S/C15H20NO/c1-3-13-4-6-14(7-5-13)15(17)16-10-8-12(2)9-11-16/h4-7H,3,8-11H2,1-2H3/q+1. The third kappa shape index (κ3) is 2.82. The summed E-state index contributed by atoms with van der Waals surface area (Å²) in [6.07, 6.45) is 3.13. The molecule has 0 bridgehead atoms. The SMILES string of the molecule is CCc1ccc(C(=O)N2CC[C+](C)CC2)cc1. The number of nitrogens with zero attached hydrogens (tertiary/aromatic N) is 1. The van der Waals surface area contributed by atoms with Crippen molar-refractivity contribution in [3.05, 3.63) is 41.3 Å². The van der Waals surface area contributed by atoms with Crippen LogP contribution < -0.4 is 0 Å². The highest BCUT2D eigenvalue weighted by molar-refractivity contribution is 5.94. The van der Waals surface area contributed by atoms with E-state index in [0.29, 0.717) is 0 Å². The first kappa shape index (κ1) is 12.0. The van der Waals surface area contributed by atoms with Crippen molar-refractivity contribution in [1.82, 2.24) is 4.90 Å². The minimum atomic E-state index is 0.181. The molecule has 1 aromatic rings. The van der Waals surface area contributed by atoms with E-state index in [1.165, 1.54) is 11.5 Å². The summed E-state index contributed by atoms with van der Waals surface area (Å²) in [5.74, 6) is 1.69. The van der Waals surface area contributed by atoms with Gasteiger partial charge in [-0.1, -0.05) is 19.1 Å². The zero-order valence-electron chi connectivity index (χ0n) is 10.7. The van der Waals surface area contributed by atoms with Crippen LogP contribution in [0, 0.1) is 5.92 Å². The van der Waals surface area contributed by atoms with Crippen LogP contribution >= 0.6 is 0 Å². The Bertz CT molecular complexity index is 374. The second-order valence-electron chi connectivity index (χ2n) is 4.80. The van der Waals surface area contributed by atoms with Gasteiger partial charge in [-0.3, -0.25) is 4.79 Å². The van der Waals surface area contributed by atoms with Crippen LogP contribution in [0.2, 0.25) is 0 Å². The van der Waals surface area contributed by atoms with Crippen LogP contribution in [0.4, 0.5) is 0 Å². The smallest absolute Gasteiger partial charge is 0.254 e. The Morgan fingerprint density at radius 1 is 1.24 bits per heavy atom. The van der Waals surface area contributed by atoms with E-state index >= 15 is 0 Å². The number of piperidine rings is 1. The Morgan fingerprint density at radius 3 is 2.35 bits per heavy atom. The number of likely N-dealkylation sites (tertiary alicyclic amines) is 1. The van der Waals surface area contributed by atoms with Gasteiger partial charge in [0.25, 0.3) is 5.91 Å². The zero-order chi connectivity index (χ0) is 12.3. The molecular weight excluding hydrogens is 210 g/mol. The lowest BCUT2D eigenvalue weighted by Gasteiger charge is -2.25. The third-order valence-electron chi connectivity index (χ3n) is 3.51. The van der Waals surface area contributed by atoms with Crippen molar-refractivity contribution in [2.75, 3.05) is 13.1 Å². The number of amides is 1.